The van der Waals surface area contributed by atoms with Crippen LogP contribution in [0, 0.1) is 0 Å². The van der Waals surface area contributed by atoms with E-state index in [1.807, 2.05) is 55.6 Å². The number of aromatic nitrogens is 13. The van der Waals surface area contributed by atoms with E-state index in [0.29, 0.717) is 0 Å². The van der Waals surface area contributed by atoms with E-state index < -0.39 is 0 Å². The Kier molecular flexibility index (Phi) is 18.4. The number of rotatable bonds is 6. The lowest BCUT2D eigenvalue weighted by Crippen LogP contribution is -1.95. The molecule has 13 nitrogen and oxygen atoms in total. The Balaban J connectivity index is 0.0000000917. The fourth-order valence-electron chi connectivity index (χ4n) is 17.8. The molecule has 114 heavy (non-hydrogen) atoms. The summed E-state index contributed by atoms with van der Waals surface area (Å²) in [5.41, 5.74) is 18.0. The van der Waals surface area contributed by atoms with Crippen LogP contribution in [0.3, 0.4) is 0 Å². The Morgan fingerprint density at radius 3 is 1.29 bits per heavy atom. The van der Waals surface area contributed by atoms with Crippen molar-refractivity contribution in [1.82, 2.24) is 62.3 Å². The van der Waals surface area contributed by atoms with Gasteiger partial charge in [0.15, 0.2) is 0 Å². The van der Waals surface area contributed by atoms with Crippen LogP contribution in [0.15, 0.2) is 323 Å². The van der Waals surface area contributed by atoms with Crippen molar-refractivity contribution in [2.75, 3.05) is 0 Å². The zero-order valence-electron chi connectivity index (χ0n) is 64.7. The van der Waals surface area contributed by atoms with Crippen LogP contribution in [-0.2, 0) is 39.3 Å². The van der Waals surface area contributed by atoms with Crippen molar-refractivity contribution < 1.29 is 0 Å². The van der Waals surface area contributed by atoms with Crippen molar-refractivity contribution in [3.8, 4) is 0 Å². The van der Waals surface area contributed by atoms with Gasteiger partial charge in [0.2, 0.25) is 0 Å². The highest BCUT2D eigenvalue weighted by Crippen LogP contribution is 2.40. The zero-order valence-corrected chi connectivity index (χ0v) is 64.7. The van der Waals surface area contributed by atoms with E-state index in [-0.39, 0.29) is 0 Å². The smallest absolute Gasteiger partial charge is 0.141 e. The third-order valence-corrected chi connectivity index (χ3v) is 22.9. The molecule has 0 fully saturated rings. The number of pyridine rings is 5. The molecule has 0 aliphatic heterocycles. The van der Waals surface area contributed by atoms with Gasteiger partial charge in [0.25, 0.3) is 0 Å². The third-order valence-electron chi connectivity index (χ3n) is 22.9. The molecule has 24 aromatic rings. The summed E-state index contributed by atoms with van der Waals surface area (Å²) in [6, 6.07) is 92.4. The van der Waals surface area contributed by atoms with Crippen molar-refractivity contribution in [3.05, 3.63) is 323 Å². The highest BCUT2D eigenvalue weighted by atomic mass is 15.0. The molecule has 13 heteroatoms. The number of para-hydroxylation sites is 3. The maximum Gasteiger partial charge on any atom is 0.141 e. The van der Waals surface area contributed by atoms with E-state index in [9.17, 15) is 0 Å². The Labute approximate surface area is 657 Å². The first-order valence-corrected chi connectivity index (χ1v) is 39.7. The highest BCUT2D eigenvalue weighted by molar-refractivity contribution is 6.22. The molecule has 0 unspecified atom stereocenters. The van der Waals surface area contributed by atoms with Gasteiger partial charge in [-0.15, -0.1) is 0 Å². The Morgan fingerprint density at radius 2 is 0.640 bits per heavy atom. The Morgan fingerprint density at radius 1 is 0.219 bits per heavy atom. The largest absolute Gasteiger partial charge is 0.341 e. The standard InChI is InChI=1S/5C17H14N2.C16H13N3/c1-2-19-16-10-6-4-8-13(16)14-11-12-7-3-5-9-15(12)18-17(14)19;1-2-19-16-7-8-18-11-15(16)14-9-12-5-3-4-6-13(12)10-17(14)19;1-2-19-16-10-13-6-4-3-5-12(13)9-15(16)14-7-8-18-11-17(14)19;1-2-19-15-9-10-18-11-14(15)17-13-6-4-3-5-12(13)7-8-16(17)19;1-2-19-16-11-18-10-9-14(16)15-8-7-12-5-3-4-6-13(12)17(15)19;1-2-19-13-6-4-3-5-11(13)15-14(19)8-7-12-16(15)18-10-9-17-12/h5*3-11H,2H2,1H3;3-10H,2H2,1H3. The van der Waals surface area contributed by atoms with Crippen LogP contribution in [0.2, 0.25) is 0 Å². The van der Waals surface area contributed by atoms with Gasteiger partial charge < -0.3 is 27.4 Å². The van der Waals surface area contributed by atoms with Gasteiger partial charge >= 0.3 is 0 Å². The molecular formula is C101H83N13. The topological polar surface area (TPSA) is 120 Å². The molecule has 0 amide bonds. The molecule has 0 atom stereocenters. The molecular weight excluding hydrogens is 1400 g/mol. The minimum Gasteiger partial charge on any atom is -0.341 e. The SMILES string of the molecule is CCn1c2ccccc2c2c3nccnc3ccc21.CCn1c2ccccc2c2cc3ccccc3nc21.CCn1c2ccncc2c2c3ccccc3ccc21.CCn1c2ccncc2c2cc3ccccc3cc21.CCn1c2cnccc2c2cc3ccccc3cc21.CCn1c2cnccc2c2ccc3ccccc3c21. The van der Waals surface area contributed by atoms with Gasteiger partial charge in [-0.2, -0.15) is 0 Å². The fourth-order valence-corrected chi connectivity index (χ4v) is 17.8. The first-order chi connectivity index (χ1) is 56.3. The average molecular weight is 1480 g/mol. The van der Waals surface area contributed by atoms with Gasteiger partial charge in [-0.05, 0) is 170 Å². The average Bonchev–Trinajstić information content (AvgIpc) is 1.60. The first kappa shape index (κ1) is 70.2. The number of fused-ring (bicyclic) bond motifs is 27. The van der Waals surface area contributed by atoms with E-state index in [4.69, 9.17) is 4.98 Å². The van der Waals surface area contributed by atoms with Crippen LogP contribution in [0.5, 0.6) is 0 Å². The molecule has 0 saturated carbocycles. The third kappa shape index (κ3) is 12.0. The monoisotopic (exact) mass is 1480 g/mol. The van der Waals surface area contributed by atoms with Crippen molar-refractivity contribution in [3.63, 3.8) is 0 Å². The molecule has 12 aromatic carbocycles. The van der Waals surface area contributed by atoms with Crippen molar-refractivity contribution in [2.45, 2.75) is 80.8 Å². The summed E-state index contributed by atoms with van der Waals surface area (Å²) in [5, 5.41) is 26.9. The van der Waals surface area contributed by atoms with Crippen LogP contribution in [0.1, 0.15) is 41.5 Å². The second kappa shape index (κ2) is 29.9. The minimum atomic E-state index is 0.940. The van der Waals surface area contributed by atoms with Gasteiger partial charge in [-0.25, -0.2) is 4.98 Å². The molecule has 0 bridgehead atoms. The van der Waals surface area contributed by atoms with Crippen molar-refractivity contribution in [1.29, 1.82) is 0 Å². The second-order valence-electron chi connectivity index (χ2n) is 28.8. The molecule has 0 saturated heterocycles. The first-order valence-electron chi connectivity index (χ1n) is 39.7. The number of nitrogens with zero attached hydrogens (tertiary/aromatic N) is 13. The number of hydrogen-bond donors (Lipinski definition) is 0. The van der Waals surface area contributed by atoms with Gasteiger partial charge in [-0.1, -0.05) is 170 Å². The van der Waals surface area contributed by atoms with E-state index in [1.54, 1.807) is 12.4 Å². The molecule has 0 N–H and O–H groups in total. The van der Waals surface area contributed by atoms with Crippen LogP contribution >= 0.6 is 0 Å². The number of aryl methyl sites for hydroxylation is 6. The van der Waals surface area contributed by atoms with Crippen LogP contribution in [0.25, 0.3) is 196 Å². The van der Waals surface area contributed by atoms with Crippen molar-refractivity contribution in [2.24, 2.45) is 0 Å². The summed E-state index contributed by atoms with van der Waals surface area (Å²) >= 11 is 0. The molecule has 0 spiro atoms. The molecule has 552 valence electrons. The van der Waals surface area contributed by atoms with Gasteiger partial charge in [0, 0.05) is 186 Å². The summed E-state index contributed by atoms with van der Waals surface area (Å²) in [6.45, 7) is 18.9. The highest BCUT2D eigenvalue weighted by Gasteiger charge is 2.19. The number of benzene rings is 12. The van der Waals surface area contributed by atoms with Gasteiger partial charge in [-0.3, -0.25) is 29.9 Å². The second-order valence-corrected chi connectivity index (χ2v) is 28.8. The maximum atomic E-state index is 4.85. The van der Waals surface area contributed by atoms with Gasteiger partial charge in [0.1, 0.15) is 5.65 Å². The summed E-state index contributed by atoms with van der Waals surface area (Å²) in [5.74, 6) is 0. The Bertz CT molecular complexity index is 7220. The van der Waals surface area contributed by atoms with Crippen molar-refractivity contribution >= 4 is 196 Å². The zero-order chi connectivity index (χ0) is 76.9. The predicted octanol–water partition coefficient (Wildman–Crippen LogP) is 25.6. The molecule has 0 aliphatic carbocycles. The Hall–Kier alpha value is -14.2. The lowest BCUT2D eigenvalue weighted by Gasteiger charge is -2.05. The van der Waals surface area contributed by atoms with E-state index >= 15 is 0 Å². The normalized spacial score (nSPS) is 11.6. The summed E-state index contributed by atoms with van der Waals surface area (Å²) in [7, 11) is 0. The minimum absolute atomic E-state index is 0.940. The molecule has 12 heterocycles. The summed E-state index contributed by atoms with van der Waals surface area (Å²) in [6.07, 6.45) is 18.9. The lowest BCUT2D eigenvalue weighted by molar-refractivity contribution is 0.818. The lowest BCUT2D eigenvalue weighted by atomic mass is 10.0. The van der Waals surface area contributed by atoms with E-state index in [0.717, 1.165) is 61.5 Å². The van der Waals surface area contributed by atoms with Crippen LogP contribution in [-0.4, -0.2) is 62.3 Å². The molecule has 0 radical (unpaired) electrons. The predicted molar refractivity (Wildman–Crippen MR) is 480 cm³/mol. The number of hydrogen-bond acceptors (Lipinski definition) is 7. The van der Waals surface area contributed by atoms with Crippen LogP contribution in [0.4, 0.5) is 0 Å². The maximum absolute atomic E-state index is 4.85. The molecule has 0 aliphatic rings. The van der Waals surface area contributed by atoms with E-state index in [2.05, 4.69) is 354 Å². The van der Waals surface area contributed by atoms with E-state index in [1.165, 1.54) is 174 Å². The fraction of sp³-hybridized carbons (Fsp3) is 0.119. The summed E-state index contributed by atoms with van der Waals surface area (Å²) in [4.78, 5) is 30.9. The molecule has 12 aromatic heterocycles. The van der Waals surface area contributed by atoms with Gasteiger partial charge in [0.05, 0.1) is 67.6 Å². The molecule has 24 rings (SSSR count). The van der Waals surface area contributed by atoms with Crippen LogP contribution < -0.4 is 0 Å². The summed E-state index contributed by atoms with van der Waals surface area (Å²) < 4.78 is 14.0. The quantitative estimate of drug-likeness (QED) is 0.163.